The molecule has 0 amide bonds. The summed E-state index contributed by atoms with van der Waals surface area (Å²) in [6.45, 7) is 3.08. The first-order valence-electron chi connectivity index (χ1n) is 6.04. The van der Waals surface area contributed by atoms with Gasteiger partial charge in [0.2, 0.25) is 0 Å². The predicted octanol–water partition coefficient (Wildman–Crippen LogP) is 3.65. The van der Waals surface area contributed by atoms with Gasteiger partial charge in [-0.3, -0.25) is 4.90 Å². The van der Waals surface area contributed by atoms with Crippen molar-refractivity contribution in [1.82, 2.24) is 4.90 Å². The van der Waals surface area contributed by atoms with Gasteiger partial charge in [-0.15, -0.1) is 11.3 Å². The molecule has 2 nitrogen and oxygen atoms in total. The van der Waals surface area contributed by atoms with Gasteiger partial charge in [0.25, 0.3) is 0 Å². The van der Waals surface area contributed by atoms with Crippen LogP contribution in [0.15, 0.2) is 34.1 Å². The van der Waals surface area contributed by atoms with Gasteiger partial charge in [0, 0.05) is 34.7 Å². The topological polar surface area (TPSA) is 29.3 Å². The van der Waals surface area contributed by atoms with E-state index in [9.17, 15) is 0 Å². The van der Waals surface area contributed by atoms with E-state index in [1.54, 1.807) is 0 Å². The van der Waals surface area contributed by atoms with Crippen LogP contribution in [0, 0.1) is 0 Å². The molecule has 0 spiro atoms. The van der Waals surface area contributed by atoms with E-state index in [4.69, 9.17) is 5.73 Å². The molecule has 2 N–H and O–H groups in total. The molecule has 0 fully saturated rings. The number of nitrogen functional groups attached to an aromatic ring is 1. The zero-order chi connectivity index (χ0) is 12.5. The fourth-order valence-electron chi connectivity index (χ4n) is 2.44. The van der Waals surface area contributed by atoms with Gasteiger partial charge in [0.05, 0.1) is 0 Å². The number of nitrogens with zero attached hydrogens (tertiary/aromatic N) is 1. The largest absolute Gasteiger partial charge is 0.398 e. The molecule has 3 rings (SSSR count). The van der Waals surface area contributed by atoms with Crippen LogP contribution in [0.1, 0.15) is 16.0 Å². The fourth-order valence-corrected chi connectivity index (χ4v) is 3.96. The predicted molar refractivity (Wildman–Crippen MR) is 80.7 cm³/mol. The SMILES string of the molecule is Nc1cccc2c1CN(Cc1sccc1Br)CC2. The van der Waals surface area contributed by atoms with Crippen LogP contribution in [0.3, 0.4) is 0 Å². The summed E-state index contributed by atoms with van der Waals surface area (Å²) in [5, 5.41) is 2.13. The van der Waals surface area contributed by atoms with Crippen LogP contribution >= 0.6 is 27.3 Å². The van der Waals surface area contributed by atoms with Crippen LogP contribution in [0.25, 0.3) is 0 Å². The van der Waals surface area contributed by atoms with Gasteiger partial charge in [-0.25, -0.2) is 0 Å². The summed E-state index contributed by atoms with van der Waals surface area (Å²) < 4.78 is 1.22. The molecule has 94 valence electrons. The van der Waals surface area contributed by atoms with Gasteiger partial charge in [-0.1, -0.05) is 12.1 Å². The number of thiophene rings is 1. The van der Waals surface area contributed by atoms with E-state index in [0.29, 0.717) is 0 Å². The Balaban J connectivity index is 1.79. The molecule has 0 saturated heterocycles. The normalized spacial score (nSPS) is 15.6. The summed E-state index contributed by atoms with van der Waals surface area (Å²) in [5.74, 6) is 0. The minimum Gasteiger partial charge on any atom is -0.398 e. The molecule has 18 heavy (non-hydrogen) atoms. The first kappa shape index (κ1) is 12.2. The molecule has 0 saturated carbocycles. The van der Waals surface area contributed by atoms with Crippen LogP contribution in [-0.2, 0) is 19.5 Å². The molecular formula is C14H15BrN2S. The summed E-state index contributed by atoms with van der Waals surface area (Å²) in [7, 11) is 0. The number of rotatable bonds is 2. The van der Waals surface area contributed by atoms with Crippen molar-refractivity contribution < 1.29 is 0 Å². The monoisotopic (exact) mass is 322 g/mol. The van der Waals surface area contributed by atoms with Gasteiger partial charge in [0.15, 0.2) is 0 Å². The Hall–Kier alpha value is -0.840. The Bertz CT molecular complexity index is 565. The first-order valence-corrected chi connectivity index (χ1v) is 7.72. The number of fused-ring (bicyclic) bond motifs is 1. The number of benzene rings is 1. The second-order valence-corrected chi connectivity index (χ2v) is 6.49. The summed E-state index contributed by atoms with van der Waals surface area (Å²) in [6, 6.07) is 8.37. The third kappa shape index (κ3) is 2.32. The molecule has 1 aromatic carbocycles. The lowest BCUT2D eigenvalue weighted by Crippen LogP contribution is -2.30. The fraction of sp³-hybridized carbons (Fsp3) is 0.286. The molecule has 0 radical (unpaired) electrons. The van der Waals surface area contributed by atoms with Gasteiger partial charge < -0.3 is 5.73 Å². The Morgan fingerprint density at radius 1 is 1.33 bits per heavy atom. The van der Waals surface area contributed by atoms with Crippen molar-refractivity contribution in [3.8, 4) is 0 Å². The van der Waals surface area contributed by atoms with Crippen molar-refractivity contribution in [2.24, 2.45) is 0 Å². The van der Waals surface area contributed by atoms with E-state index in [2.05, 4.69) is 44.4 Å². The highest BCUT2D eigenvalue weighted by Crippen LogP contribution is 2.28. The lowest BCUT2D eigenvalue weighted by atomic mass is 9.98. The Kier molecular flexibility index (Phi) is 3.41. The molecule has 0 aliphatic carbocycles. The smallest absolute Gasteiger partial charge is 0.0362 e. The van der Waals surface area contributed by atoms with Gasteiger partial charge in [-0.05, 0) is 51.0 Å². The summed E-state index contributed by atoms with van der Waals surface area (Å²) in [6.07, 6.45) is 1.10. The highest BCUT2D eigenvalue weighted by atomic mass is 79.9. The number of anilines is 1. The quantitative estimate of drug-likeness (QED) is 0.855. The second-order valence-electron chi connectivity index (χ2n) is 4.64. The van der Waals surface area contributed by atoms with Crippen molar-refractivity contribution in [2.75, 3.05) is 12.3 Å². The molecule has 0 atom stereocenters. The molecule has 1 aromatic heterocycles. The van der Waals surface area contributed by atoms with Gasteiger partial charge in [0.1, 0.15) is 0 Å². The summed E-state index contributed by atoms with van der Waals surface area (Å²) >= 11 is 5.41. The molecule has 0 bridgehead atoms. The van der Waals surface area contributed by atoms with Gasteiger partial charge >= 0.3 is 0 Å². The van der Waals surface area contributed by atoms with Crippen molar-refractivity contribution in [3.63, 3.8) is 0 Å². The number of hydrogen-bond acceptors (Lipinski definition) is 3. The molecule has 2 heterocycles. The molecule has 1 aliphatic rings. The number of nitrogens with two attached hydrogens (primary N) is 1. The molecule has 4 heteroatoms. The van der Waals surface area contributed by atoms with Crippen LogP contribution in [0.2, 0.25) is 0 Å². The maximum Gasteiger partial charge on any atom is 0.0362 e. The summed E-state index contributed by atoms with van der Waals surface area (Å²) in [4.78, 5) is 3.86. The molecule has 2 aromatic rings. The van der Waals surface area contributed by atoms with Crippen LogP contribution in [0.5, 0.6) is 0 Å². The third-order valence-electron chi connectivity index (χ3n) is 3.45. The Morgan fingerprint density at radius 2 is 2.22 bits per heavy atom. The molecule has 1 aliphatic heterocycles. The van der Waals surface area contributed by atoms with Crippen molar-refractivity contribution in [2.45, 2.75) is 19.5 Å². The van der Waals surface area contributed by atoms with E-state index in [0.717, 1.165) is 31.7 Å². The minimum absolute atomic E-state index is 0.933. The highest BCUT2D eigenvalue weighted by Gasteiger charge is 2.18. The van der Waals surface area contributed by atoms with Crippen LogP contribution < -0.4 is 5.73 Å². The average molecular weight is 323 g/mol. The van der Waals surface area contributed by atoms with Crippen molar-refractivity contribution in [1.29, 1.82) is 0 Å². The number of halogens is 1. The lowest BCUT2D eigenvalue weighted by molar-refractivity contribution is 0.248. The van der Waals surface area contributed by atoms with Gasteiger partial charge in [-0.2, -0.15) is 0 Å². The number of hydrogen-bond donors (Lipinski definition) is 1. The van der Waals surface area contributed by atoms with E-state index >= 15 is 0 Å². The van der Waals surface area contributed by atoms with E-state index in [1.807, 2.05) is 17.4 Å². The minimum atomic E-state index is 0.933. The van der Waals surface area contributed by atoms with Crippen LogP contribution in [0.4, 0.5) is 5.69 Å². The van der Waals surface area contributed by atoms with Crippen molar-refractivity contribution >= 4 is 33.0 Å². The highest BCUT2D eigenvalue weighted by molar-refractivity contribution is 9.10. The van der Waals surface area contributed by atoms with Crippen LogP contribution in [-0.4, -0.2) is 11.4 Å². The lowest BCUT2D eigenvalue weighted by Gasteiger charge is -2.29. The first-order chi connectivity index (χ1) is 8.74. The third-order valence-corrected chi connectivity index (χ3v) is 5.36. The second kappa shape index (κ2) is 5.03. The van der Waals surface area contributed by atoms with E-state index < -0.39 is 0 Å². The molecular weight excluding hydrogens is 308 g/mol. The maximum atomic E-state index is 6.07. The molecule has 0 unspecified atom stereocenters. The zero-order valence-corrected chi connectivity index (χ0v) is 12.4. The summed E-state index contributed by atoms with van der Waals surface area (Å²) in [5.41, 5.74) is 9.74. The standard InChI is InChI=1S/C14H15BrN2S/c15-12-5-7-18-14(12)9-17-6-4-10-2-1-3-13(16)11(10)8-17/h1-3,5,7H,4,6,8-9,16H2. The average Bonchev–Trinajstić information content (AvgIpc) is 2.76. The zero-order valence-electron chi connectivity index (χ0n) is 10.0. The maximum absolute atomic E-state index is 6.07. The van der Waals surface area contributed by atoms with E-state index in [-0.39, 0.29) is 0 Å². The Labute approximate surface area is 120 Å². The van der Waals surface area contributed by atoms with E-state index in [1.165, 1.54) is 20.5 Å². The van der Waals surface area contributed by atoms with Crippen molar-refractivity contribution in [3.05, 3.63) is 50.1 Å². The Morgan fingerprint density at radius 3 is 3.00 bits per heavy atom.